The molecule has 2 aromatic heterocycles. The van der Waals surface area contributed by atoms with Crippen LogP contribution in [0, 0.1) is 5.82 Å². The van der Waals surface area contributed by atoms with Gasteiger partial charge in [-0.3, -0.25) is 4.98 Å². The summed E-state index contributed by atoms with van der Waals surface area (Å²) in [5.74, 6) is -0.429. The SMILES string of the molecule is CCCn1nncc1C(O)c1ccc(F)cn1. The van der Waals surface area contributed by atoms with E-state index in [-0.39, 0.29) is 0 Å². The second-order valence-electron chi connectivity index (χ2n) is 3.69. The van der Waals surface area contributed by atoms with E-state index >= 15 is 0 Å². The maximum Gasteiger partial charge on any atom is 0.141 e. The predicted octanol–water partition coefficient (Wildman–Crippen LogP) is 1.30. The van der Waals surface area contributed by atoms with Gasteiger partial charge >= 0.3 is 0 Å². The fraction of sp³-hybridized carbons (Fsp3) is 0.364. The second-order valence-corrected chi connectivity index (χ2v) is 3.69. The minimum atomic E-state index is -0.933. The summed E-state index contributed by atoms with van der Waals surface area (Å²) in [6.07, 6.45) is 2.52. The third-order valence-electron chi connectivity index (χ3n) is 2.39. The Kier molecular flexibility index (Phi) is 3.43. The number of halogens is 1. The van der Waals surface area contributed by atoms with E-state index < -0.39 is 11.9 Å². The van der Waals surface area contributed by atoms with E-state index in [9.17, 15) is 9.50 Å². The van der Waals surface area contributed by atoms with Gasteiger partial charge < -0.3 is 5.11 Å². The van der Waals surface area contributed by atoms with Gasteiger partial charge in [0.25, 0.3) is 0 Å². The van der Waals surface area contributed by atoms with Crippen molar-refractivity contribution in [3.8, 4) is 0 Å². The van der Waals surface area contributed by atoms with Crippen LogP contribution in [0.1, 0.15) is 30.8 Å². The predicted molar refractivity (Wildman–Crippen MR) is 58.6 cm³/mol. The van der Waals surface area contributed by atoms with Gasteiger partial charge in [-0.1, -0.05) is 12.1 Å². The van der Waals surface area contributed by atoms with Crippen molar-refractivity contribution < 1.29 is 9.50 Å². The second kappa shape index (κ2) is 5.01. The van der Waals surface area contributed by atoms with E-state index in [0.717, 1.165) is 12.6 Å². The van der Waals surface area contributed by atoms with Crippen LogP contribution in [0.15, 0.2) is 24.5 Å². The summed E-state index contributed by atoms with van der Waals surface area (Å²) in [6, 6.07) is 2.71. The number of aryl methyl sites for hydroxylation is 1. The molecule has 0 fully saturated rings. The first-order valence-electron chi connectivity index (χ1n) is 5.40. The number of aliphatic hydroxyl groups is 1. The first-order chi connectivity index (χ1) is 8.22. The largest absolute Gasteiger partial charge is 0.380 e. The lowest BCUT2D eigenvalue weighted by molar-refractivity contribution is 0.202. The quantitative estimate of drug-likeness (QED) is 0.869. The van der Waals surface area contributed by atoms with Crippen molar-refractivity contribution in [2.24, 2.45) is 0 Å². The smallest absolute Gasteiger partial charge is 0.141 e. The molecule has 90 valence electrons. The molecule has 17 heavy (non-hydrogen) atoms. The lowest BCUT2D eigenvalue weighted by Gasteiger charge is -2.11. The molecule has 0 aliphatic carbocycles. The average molecular weight is 236 g/mol. The highest BCUT2D eigenvalue weighted by Crippen LogP contribution is 2.19. The van der Waals surface area contributed by atoms with Gasteiger partial charge in [-0.15, -0.1) is 5.10 Å². The topological polar surface area (TPSA) is 63.8 Å². The van der Waals surface area contributed by atoms with Crippen LogP contribution in [-0.4, -0.2) is 25.1 Å². The van der Waals surface area contributed by atoms with Gasteiger partial charge in [-0.05, 0) is 18.6 Å². The van der Waals surface area contributed by atoms with Crippen LogP contribution in [0.3, 0.4) is 0 Å². The Bertz CT molecular complexity index is 482. The molecule has 0 amide bonds. The first-order valence-corrected chi connectivity index (χ1v) is 5.40. The van der Waals surface area contributed by atoms with Crippen molar-refractivity contribution in [3.05, 3.63) is 41.7 Å². The van der Waals surface area contributed by atoms with Crippen LogP contribution in [-0.2, 0) is 6.54 Å². The van der Waals surface area contributed by atoms with Crippen LogP contribution in [0.5, 0.6) is 0 Å². The summed E-state index contributed by atoms with van der Waals surface area (Å²) in [7, 11) is 0. The molecule has 0 bridgehead atoms. The Morgan fingerprint density at radius 1 is 1.41 bits per heavy atom. The Hall–Kier alpha value is -1.82. The fourth-order valence-corrected chi connectivity index (χ4v) is 1.56. The zero-order valence-corrected chi connectivity index (χ0v) is 9.41. The average Bonchev–Trinajstić information content (AvgIpc) is 2.78. The third kappa shape index (κ3) is 2.47. The van der Waals surface area contributed by atoms with Gasteiger partial charge in [0.15, 0.2) is 0 Å². The Labute approximate surface area is 97.9 Å². The van der Waals surface area contributed by atoms with E-state index in [2.05, 4.69) is 15.3 Å². The van der Waals surface area contributed by atoms with Crippen molar-refractivity contribution in [2.75, 3.05) is 0 Å². The van der Waals surface area contributed by atoms with E-state index in [4.69, 9.17) is 0 Å². The van der Waals surface area contributed by atoms with Gasteiger partial charge in [0, 0.05) is 6.54 Å². The van der Waals surface area contributed by atoms with E-state index in [1.54, 1.807) is 4.68 Å². The highest BCUT2D eigenvalue weighted by Gasteiger charge is 2.17. The molecular weight excluding hydrogens is 223 g/mol. The van der Waals surface area contributed by atoms with Gasteiger partial charge in [-0.25, -0.2) is 9.07 Å². The molecule has 1 N–H and O–H groups in total. The number of rotatable bonds is 4. The molecule has 0 aliphatic rings. The van der Waals surface area contributed by atoms with Crippen LogP contribution in [0.25, 0.3) is 0 Å². The van der Waals surface area contributed by atoms with E-state index in [0.29, 0.717) is 17.9 Å². The van der Waals surface area contributed by atoms with E-state index in [1.807, 2.05) is 6.92 Å². The summed E-state index contributed by atoms with van der Waals surface area (Å²) in [6.45, 7) is 2.68. The van der Waals surface area contributed by atoms with Crippen molar-refractivity contribution in [1.82, 2.24) is 20.0 Å². The Morgan fingerprint density at radius 3 is 2.88 bits per heavy atom. The highest BCUT2D eigenvalue weighted by molar-refractivity contribution is 5.17. The number of aromatic nitrogens is 4. The summed E-state index contributed by atoms with van der Waals surface area (Å²) in [5.41, 5.74) is 0.942. The minimum absolute atomic E-state index is 0.381. The van der Waals surface area contributed by atoms with Crippen molar-refractivity contribution in [1.29, 1.82) is 0 Å². The van der Waals surface area contributed by atoms with Gasteiger partial charge in [0.2, 0.25) is 0 Å². The number of nitrogens with zero attached hydrogens (tertiary/aromatic N) is 4. The van der Waals surface area contributed by atoms with Gasteiger partial charge in [0.1, 0.15) is 11.9 Å². The van der Waals surface area contributed by atoms with Crippen LogP contribution < -0.4 is 0 Å². The Morgan fingerprint density at radius 2 is 2.24 bits per heavy atom. The molecule has 1 atom stereocenters. The van der Waals surface area contributed by atoms with Crippen LogP contribution >= 0.6 is 0 Å². The zero-order chi connectivity index (χ0) is 12.3. The fourth-order valence-electron chi connectivity index (χ4n) is 1.56. The molecule has 2 rings (SSSR count). The number of hydrogen-bond donors (Lipinski definition) is 1. The number of aliphatic hydroxyl groups excluding tert-OH is 1. The molecule has 0 aliphatic heterocycles. The molecule has 0 spiro atoms. The molecular formula is C11H13FN4O. The third-order valence-corrected chi connectivity index (χ3v) is 2.39. The molecule has 0 radical (unpaired) electrons. The summed E-state index contributed by atoms with van der Waals surface area (Å²) < 4.78 is 14.3. The van der Waals surface area contributed by atoms with Crippen molar-refractivity contribution >= 4 is 0 Å². The Balaban J connectivity index is 2.26. The molecule has 1 unspecified atom stereocenters. The minimum Gasteiger partial charge on any atom is -0.380 e. The molecule has 2 aromatic rings. The summed E-state index contributed by atoms with van der Waals surface area (Å²) in [5, 5.41) is 17.7. The molecule has 2 heterocycles. The van der Waals surface area contributed by atoms with Gasteiger partial charge in [-0.2, -0.15) is 0 Å². The molecule has 0 saturated carbocycles. The van der Waals surface area contributed by atoms with Crippen molar-refractivity contribution in [3.63, 3.8) is 0 Å². The lowest BCUT2D eigenvalue weighted by atomic mass is 10.2. The van der Waals surface area contributed by atoms with E-state index in [1.165, 1.54) is 18.3 Å². The van der Waals surface area contributed by atoms with Gasteiger partial charge in [0.05, 0.1) is 23.8 Å². The molecule has 0 saturated heterocycles. The standard InChI is InChI=1S/C11H13FN4O/c1-2-5-16-10(7-14-15-16)11(17)9-4-3-8(12)6-13-9/h3-4,6-7,11,17H,2,5H2,1H3. The first kappa shape index (κ1) is 11.7. The maximum atomic E-state index is 12.7. The zero-order valence-electron chi connectivity index (χ0n) is 9.41. The number of pyridine rings is 1. The number of hydrogen-bond acceptors (Lipinski definition) is 4. The van der Waals surface area contributed by atoms with Crippen LogP contribution in [0.4, 0.5) is 4.39 Å². The monoisotopic (exact) mass is 236 g/mol. The lowest BCUT2D eigenvalue weighted by Crippen LogP contribution is -2.11. The molecule has 5 nitrogen and oxygen atoms in total. The normalized spacial score (nSPS) is 12.6. The van der Waals surface area contributed by atoms with Crippen LogP contribution in [0.2, 0.25) is 0 Å². The maximum absolute atomic E-state index is 12.7. The van der Waals surface area contributed by atoms with Crippen molar-refractivity contribution in [2.45, 2.75) is 26.0 Å². The molecule has 0 aromatic carbocycles. The summed E-state index contributed by atoms with van der Waals surface area (Å²) >= 11 is 0. The molecule has 6 heteroatoms. The highest BCUT2D eigenvalue weighted by atomic mass is 19.1. The summed E-state index contributed by atoms with van der Waals surface area (Å²) in [4.78, 5) is 3.84.